The van der Waals surface area contributed by atoms with Crippen LogP contribution in [0.15, 0.2) is 48.0 Å². The van der Waals surface area contributed by atoms with Gasteiger partial charge in [-0.15, -0.1) is 24.0 Å². The number of benzene rings is 1. The van der Waals surface area contributed by atoms with Gasteiger partial charge in [0.15, 0.2) is 5.96 Å². The fourth-order valence-corrected chi connectivity index (χ4v) is 3.26. The quantitative estimate of drug-likeness (QED) is 0.463. The van der Waals surface area contributed by atoms with Gasteiger partial charge in [-0.25, -0.2) is 9.98 Å². The molecule has 3 rings (SSSR count). The van der Waals surface area contributed by atoms with E-state index in [9.17, 15) is 0 Å². The molecule has 1 saturated heterocycles. The Labute approximate surface area is 152 Å². The highest BCUT2D eigenvalue weighted by Crippen LogP contribution is 2.15. The average Bonchev–Trinajstić information content (AvgIpc) is 3.08. The van der Waals surface area contributed by atoms with Crippen LogP contribution >= 0.6 is 35.7 Å². The van der Waals surface area contributed by atoms with Crippen molar-refractivity contribution >= 4 is 41.7 Å². The van der Waals surface area contributed by atoms with Gasteiger partial charge >= 0.3 is 0 Å². The number of hydrogen-bond donors (Lipinski definition) is 1. The van der Waals surface area contributed by atoms with E-state index in [0.717, 1.165) is 35.8 Å². The molecule has 0 atom stereocenters. The van der Waals surface area contributed by atoms with E-state index < -0.39 is 0 Å². The Hall–Kier alpha value is -1.22. The number of thioether (sulfide) groups is 1. The number of imidazole rings is 1. The zero-order valence-electron chi connectivity index (χ0n) is 12.3. The topological polar surface area (TPSA) is 59.4 Å². The number of aromatic nitrogens is 2. The van der Waals surface area contributed by atoms with Gasteiger partial charge in [-0.05, 0) is 11.6 Å². The number of halogens is 1. The molecule has 0 saturated carbocycles. The number of para-hydroxylation sites is 1. The summed E-state index contributed by atoms with van der Waals surface area (Å²) in [5.41, 5.74) is 8.35. The monoisotopic (exact) mass is 429 g/mol. The highest BCUT2D eigenvalue weighted by molar-refractivity contribution is 14.0. The van der Waals surface area contributed by atoms with E-state index >= 15 is 0 Å². The minimum Gasteiger partial charge on any atom is -0.370 e. The van der Waals surface area contributed by atoms with Crippen LogP contribution in [0.1, 0.15) is 5.56 Å². The fraction of sp³-hybridized carbons (Fsp3) is 0.333. The third kappa shape index (κ3) is 4.16. The predicted octanol–water partition coefficient (Wildman–Crippen LogP) is 2.35. The average molecular weight is 429 g/mol. The molecule has 2 heterocycles. The molecule has 0 amide bonds. The zero-order chi connectivity index (χ0) is 14.5. The van der Waals surface area contributed by atoms with E-state index in [0.29, 0.717) is 12.5 Å². The minimum atomic E-state index is 0. The predicted molar refractivity (Wildman–Crippen MR) is 103 cm³/mol. The Morgan fingerprint density at radius 1 is 1.27 bits per heavy atom. The number of rotatable bonds is 3. The Bertz CT molecular complexity index is 608. The fourth-order valence-electron chi connectivity index (χ4n) is 2.36. The zero-order valence-corrected chi connectivity index (χ0v) is 15.4. The number of guanidine groups is 1. The lowest BCUT2D eigenvalue weighted by atomic mass is 10.2. The molecular formula is C15H20IN5S. The van der Waals surface area contributed by atoms with Crippen LogP contribution < -0.4 is 5.73 Å². The van der Waals surface area contributed by atoms with Crippen molar-refractivity contribution in [1.29, 1.82) is 0 Å². The third-order valence-electron chi connectivity index (χ3n) is 3.52. The maximum Gasteiger partial charge on any atom is 0.191 e. The highest BCUT2D eigenvalue weighted by Gasteiger charge is 2.12. The molecule has 1 fully saturated rings. The summed E-state index contributed by atoms with van der Waals surface area (Å²) in [7, 11) is 0. The summed E-state index contributed by atoms with van der Waals surface area (Å²) >= 11 is 1.97. The van der Waals surface area contributed by atoms with Gasteiger partial charge in [-0.1, -0.05) is 18.2 Å². The van der Waals surface area contributed by atoms with E-state index in [1.54, 1.807) is 12.5 Å². The van der Waals surface area contributed by atoms with Gasteiger partial charge in [0.2, 0.25) is 0 Å². The van der Waals surface area contributed by atoms with Crippen molar-refractivity contribution in [3.8, 4) is 5.69 Å². The van der Waals surface area contributed by atoms with Crippen LogP contribution in [0.2, 0.25) is 0 Å². The molecule has 2 N–H and O–H groups in total. The SMILES string of the molecule is I.NC(=NCc1ccccc1-n1ccnc1)N1CCSCC1. The molecule has 0 aliphatic carbocycles. The molecule has 1 aromatic heterocycles. The van der Waals surface area contributed by atoms with Crippen molar-refractivity contribution < 1.29 is 0 Å². The van der Waals surface area contributed by atoms with Gasteiger partial charge in [0.25, 0.3) is 0 Å². The van der Waals surface area contributed by atoms with E-state index in [1.807, 2.05) is 34.7 Å². The second-order valence-electron chi connectivity index (χ2n) is 4.87. The molecular weight excluding hydrogens is 409 g/mol. The van der Waals surface area contributed by atoms with Crippen molar-refractivity contribution in [3.63, 3.8) is 0 Å². The van der Waals surface area contributed by atoms with Crippen molar-refractivity contribution in [2.24, 2.45) is 10.7 Å². The summed E-state index contributed by atoms with van der Waals surface area (Å²) in [6.07, 6.45) is 5.52. The largest absolute Gasteiger partial charge is 0.370 e. The molecule has 0 bridgehead atoms. The van der Waals surface area contributed by atoms with Gasteiger partial charge in [0, 0.05) is 37.0 Å². The van der Waals surface area contributed by atoms with Crippen LogP contribution in [0.25, 0.3) is 5.69 Å². The first kappa shape index (κ1) is 17.1. The lowest BCUT2D eigenvalue weighted by Gasteiger charge is -2.27. The Morgan fingerprint density at radius 3 is 2.77 bits per heavy atom. The minimum absolute atomic E-state index is 0. The van der Waals surface area contributed by atoms with Gasteiger partial charge in [0.05, 0.1) is 18.6 Å². The first-order chi connectivity index (χ1) is 10.3. The van der Waals surface area contributed by atoms with Gasteiger partial charge in [-0.3, -0.25) is 0 Å². The second kappa shape index (κ2) is 8.42. The van der Waals surface area contributed by atoms with E-state index in [-0.39, 0.29) is 24.0 Å². The Balaban J connectivity index is 0.00000176. The summed E-state index contributed by atoms with van der Waals surface area (Å²) in [6, 6.07) is 8.20. The van der Waals surface area contributed by atoms with Crippen LogP contribution in [0.3, 0.4) is 0 Å². The third-order valence-corrected chi connectivity index (χ3v) is 4.46. The smallest absolute Gasteiger partial charge is 0.191 e. The van der Waals surface area contributed by atoms with E-state index in [1.165, 1.54) is 0 Å². The second-order valence-corrected chi connectivity index (χ2v) is 6.10. The van der Waals surface area contributed by atoms with Crippen LogP contribution in [0, 0.1) is 0 Å². The number of nitrogens with two attached hydrogens (primary N) is 1. The number of hydrogen-bond acceptors (Lipinski definition) is 3. The normalized spacial score (nSPS) is 15.5. The van der Waals surface area contributed by atoms with Crippen molar-refractivity contribution in [2.75, 3.05) is 24.6 Å². The molecule has 22 heavy (non-hydrogen) atoms. The van der Waals surface area contributed by atoms with Crippen LogP contribution in [0.4, 0.5) is 0 Å². The number of aliphatic imine (C=N–C) groups is 1. The first-order valence-electron chi connectivity index (χ1n) is 7.03. The van der Waals surface area contributed by atoms with Crippen molar-refractivity contribution in [1.82, 2.24) is 14.5 Å². The molecule has 1 aliphatic rings. The molecule has 0 unspecified atom stereocenters. The van der Waals surface area contributed by atoms with Crippen LogP contribution in [-0.4, -0.2) is 45.0 Å². The Morgan fingerprint density at radius 2 is 2.05 bits per heavy atom. The van der Waals surface area contributed by atoms with Gasteiger partial charge in [0.1, 0.15) is 0 Å². The first-order valence-corrected chi connectivity index (χ1v) is 8.19. The molecule has 7 heteroatoms. The van der Waals surface area contributed by atoms with Crippen molar-refractivity contribution in [3.05, 3.63) is 48.5 Å². The van der Waals surface area contributed by atoms with Gasteiger partial charge < -0.3 is 15.2 Å². The molecule has 0 radical (unpaired) electrons. The summed E-state index contributed by atoms with van der Waals surface area (Å²) in [5.74, 6) is 2.90. The van der Waals surface area contributed by atoms with E-state index in [4.69, 9.17) is 5.73 Å². The summed E-state index contributed by atoms with van der Waals surface area (Å²) in [4.78, 5) is 10.8. The lowest BCUT2D eigenvalue weighted by molar-refractivity contribution is 0.455. The number of nitrogens with zero attached hydrogens (tertiary/aromatic N) is 4. The van der Waals surface area contributed by atoms with Crippen LogP contribution in [-0.2, 0) is 6.54 Å². The molecule has 0 spiro atoms. The van der Waals surface area contributed by atoms with Gasteiger partial charge in [-0.2, -0.15) is 11.8 Å². The Kier molecular flexibility index (Phi) is 6.56. The summed E-state index contributed by atoms with van der Waals surface area (Å²) in [5, 5.41) is 0. The van der Waals surface area contributed by atoms with E-state index in [2.05, 4.69) is 27.0 Å². The maximum atomic E-state index is 6.11. The molecule has 5 nitrogen and oxygen atoms in total. The van der Waals surface area contributed by atoms with Crippen molar-refractivity contribution in [2.45, 2.75) is 6.54 Å². The highest BCUT2D eigenvalue weighted by atomic mass is 127. The molecule has 2 aromatic rings. The molecule has 118 valence electrons. The maximum absolute atomic E-state index is 6.11. The van der Waals surface area contributed by atoms with Crippen LogP contribution in [0.5, 0.6) is 0 Å². The molecule has 1 aliphatic heterocycles. The summed E-state index contributed by atoms with van der Waals surface area (Å²) < 4.78 is 2.00. The lowest BCUT2D eigenvalue weighted by Crippen LogP contribution is -2.42. The molecule has 1 aromatic carbocycles. The summed E-state index contributed by atoms with van der Waals surface area (Å²) in [6.45, 7) is 2.57. The standard InChI is InChI=1S/C15H19N5S.HI/c16-15(19-7-9-21-10-8-19)18-11-13-3-1-2-4-14(13)20-6-5-17-12-20;/h1-6,12H,7-11H2,(H2,16,18);1H.